The minimum absolute atomic E-state index is 0.327. The lowest BCUT2D eigenvalue weighted by molar-refractivity contribution is 0.449. The number of rotatable bonds is 3. The van der Waals surface area contributed by atoms with E-state index in [0.717, 1.165) is 18.6 Å². The first-order chi connectivity index (χ1) is 8.42. The smallest absolute Gasteiger partial charge is 0.279 e. The summed E-state index contributed by atoms with van der Waals surface area (Å²) < 4.78 is 63.9. The Morgan fingerprint density at radius 2 is 1.89 bits per heavy atom. The molecule has 96 valence electrons. The van der Waals surface area contributed by atoms with E-state index < -0.39 is 33.2 Å². The van der Waals surface area contributed by atoms with Gasteiger partial charge < -0.3 is 4.98 Å². The number of anilines is 1. The normalized spacial score (nSPS) is 11.5. The number of hydrogen-bond donors (Lipinski definition) is 2. The second-order valence-corrected chi connectivity index (χ2v) is 4.90. The summed E-state index contributed by atoms with van der Waals surface area (Å²) in [5.74, 6) is -4.77. The molecule has 2 N–H and O–H groups in total. The van der Waals surface area contributed by atoms with E-state index in [-0.39, 0.29) is 5.03 Å². The van der Waals surface area contributed by atoms with E-state index in [1.165, 1.54) is 0 Å². The first-order valence-electron chi connectivity index (χ1n) is 4.56. The van der Waals surface area contributed by atoms with Gasteiger partial charge in [-0.15, -0.1) is 0 Å². The van der Waals surface area contributed by atoms with Gasteiger partial charge in [-0.05, 0) is 12.1 Å². The topological polar surface area (TPSA) is 74.8 Å². The van der Waals surface area contributed by atoms with Crippen LogP contribution in [0.2, 0.25) is 0 Å². The van der Waals surface area contributed by atoms with Crippen LogP contribution in [0.25, 0.3) is 0 Å². The highest BCUT2D eigenvalue weighted by Gasteiger charge is 2.20. The summed E-state index contributed by atoms with van der Waals surface area (Å²) in [5.41, 5.74) is -0.691. The van der Waals surface area contributed by atoms with E-state index in [1.54, 1.807) is 4.72 Å². The van der Waals surface area contributed by atoms with Gasteiger partial charge in [-0.25, -0.2) is 18.2 Å². The van der Waals surface area contributed by atoms with Crippen LogP contribution in [0.15, 0.2) is 29.7 Å². The molecule has 2 rings (SSSR count). The average Bonchev–Trinajstić information content (AvgIpc) is 2.84. The van der Waals surface area contributed by atoms with Gasteiger partial charge in [0.05, 0.1) is 18.2 Å². The summed E-state index contributed by atoms with van der Waals surface area (Å²) in [6.07, 6.45) is 2.09. The monoisotopic (exact) mass is 277 g/mol. The Hall–Kier alpha value is -2.03. The number of nitrogens with one attached hydrogen (secondary N) is 2. The lowest BCUT2D eigenvalue weighted by Crippen LogP contribution is -2.15. The van der Waals surface area contributed by atoms with E-state index in [4.69, 9.17) is 0 Å². The third kappa shape index (κ3) is 2.16. The molecule has 1 aromatic heterocycles. The number of halogens is 3. The zero-order chi connectivity index (χ0) is 13.3. The van der Waals surface area contributed by atoms with Crippen LogP contribution in [0.3, 0.4) is 0 Å². The molecule has 0 aliphatic heterocycles. The quantitative estimate of drug-likeness (QED) is 0.837. The van der Waals surface area contributed by atoms with Crippen molar-refractivity contribution < 1.29 is 21.6 Å². The van der Waals surface area contributed by atoms with Crippen LogP contribution in [-0.2, 0) is 10.0 Å². The number of hydrogen-bond acceptors (Lipinski definition) is 3. The van der Waals surface area contributed by atoms with Crippen molar-refractivity contribution in [1.82, 2.24) is 9.97 Å². The molecule has 1 aromatic carbocycles. The Labute approximate surface area is 99.7 Å². The van der Waals surface area contributed by atoms with Crippen LogP contribution < -0.4 is 4.72 Å². The van der Waals surface area contributed by atoms with Crippen molar-refractivity contribution in [3.8, 4) is 0 Å². The van der Waals surface area contributed by atoms with Gasteiger partial charge in [0.15, 0.2) is 22.5 Å². The van der Waals surface area contributed by atoms with Crippen molar-refractivity contribution in [3.63, 3.8) is 0 Å². The predicted octanol–water partition coefficient (Wildman–Crippen LogP) is 1.63. The molecule has 0 fully saturated rings. The number of sulfonamides is 1. The molecule has 0 spiro atoms. The Kier molecular flexibility index (Phi) is 2.99. The van der Waals surface area contributed by atoms with Gasteiger partial charge in [-0.2, -0.15) is 8.42 Å². The molecule has 0 bridgehead atoms. The first kappa shape index (κ1) is 12.4. The summed E-state index contributed by atoms with van der Waals surface area (Å²) in [7, 11) is -4.12. The van der Waals surface area contributed by atoms with E-state index in [1.807, 2.05) is 0 Å². The lowest BCUT2D eigenvalue weighted by atomic mass is 10.3. The predicted molar refractivity (Wildman–Crippen MR) is 55.7 cm³/mol. The van der Waals surface area contributed by atoms with Crippen molar-refractivity contribution >= 4 is 15.7 Å². The summed E-state index contributed by atoms with van der Waals surface area (Å²) >= 11 is 0. The molecule has 0 aliphatic carbocycles. The summed E-state index contributed by atoms with van der Waals surface area (Å²) in [4.78, 5) is 5.77. The molecule has 0 radical (unpaired) electrons. The van der Waals surface area contributed by atoms with Gasteiger partial charge in [-0.3, -0.25) is 4.72 Å². The molecule has 0 unspecified atom stereocenters. The molecule has 9 heteroatoms. The fourth-order valence-corrected chi connectivity index (χ4v) is 2.16. The molecular formula is C9H6F3N3O2S. The summed E-state index contributed by atoms with van der Waals surface area (Å²) in [5, 5.41) is -0.327. The van der Waals surface area contributed by atoms with Crippen molar-refractivity contribution in [1.29, 1.82) is 0 Å². The molecule has 0 saturated carbocycles. The van der Waals surface area contributed by atoms with Crippen molar-refractivity contribution in [2.75, 3.05) is 4.72 Å². The Balaban J connectivity index is 2.39. The number of nitrogens with zero attached hydrogens (tertiary/aromatic N) is 1. The highest BCUT2D eigenvalue weighted by molar-refractivity contribution is 7.92. The minimum atomic E-state index is -4.12. The van der Waals surface area contributed by atoms with Crippen LogP contribution in [0.4, 0.5) is 18.9 Å². The average molecular weight is 277 g/mol. The highest BCUT2D eigenvalue weighted by Crippen LogP contribution is 2.22. The number of imidazole rings is 1. The third-order valence-electron chi connectivity index (χ3n) is 2.04. The first-order valence-corrected chi connectivity index (χ1v) is 6.05. The van der Waals surface area contributed by atoms with E-state index >= 15 is 0 Å². The summed E-state index contributed by atoms with van der Waals surface area (Å²) in [6.45, 7) is 0. The minimum Gasteiger partial charge on any atom is -0.334 e. The fourth-order valence-electron chi connectivity index (χ4n) is 1.19. The SMILES string of the molecule is O=S(=O)(Nc1ccc(F)c(F)c1F)c1cnc[nH]1. The molecule has 0 amide bonds. The largest absolute Gasteiger partial charge is 0.334 e. The molecule has 5 nitrogen and oxygen atoms in total. The van der Waals surface area contributed by atoms with E-state index in [0.29, 0.717) is 6.07 Å². The second kappa shape index (κ2) is 4.33. The molecule has 0 saturated heterocycles. The van der Waals surface area contributed by atoms with Crippen LogP contribution in [0.5, 0.6) is 0 Å². The summed E-state index contributed by atoms with van der Waals surface area (Å²) in [6, 6.07) is 1.39. The molecule has 0 aliphatic rings. The highest BCUT2D eigenvalue weighted by atomic mass is 32.2. The molecular weight excluding hydrogens is 271 g/mol. The maximum Gasteiger partial charge on any atom is 0.279 e. The van der Waals surface area contributed by atoms with Crippen molar-refractivity contribution in [3.05, 3.63) is 42.1 Å². The molecule has 2 aromatic rings. The zero-order valence-corrected chi connectivity index (χ0v) is 9.43. The van der Waals surface area contributed by atoms with E-state index in [9.17, 15) is 21.6 Å². The number of H-pyrrole nitrogens is 1. The fraction of sp³-hybridized carbons (Fsp3) is 0. The van der Waals surface area contributed by atoms with Crippen LogP contribution >= 0.6 is 0 Å². The Morgan fingerprint density at radius 3 is 2.50 bits per heavy atom. The van der Waals surface area contributed by atoms with Crippen molar-refractivity contribution in [2.24, 2.45) is 0 Å². The van der Waals surface area contributed by atoms with Gasteiger partial charge in [0.1, 0.15) is 0 Å². The maximum absolute atomic E-state index is 13.3. The number of aromatic nitrogens is 2. The van der Waals surface area contributed by atoms with Crippen molar-refractivity contribution in [2.45, 2.75) is 5.03 Å². The van der Waals surface area contributed by atoms with E-state index in [2.05, 4.69) is 9.97 Å². The van der Waals surface area contributed by atoms with Crippen LogP contribution in [-0.4, -0.2) is 18.4 Å². The standard InChI is InChI=1S/C9H6F3N3O2S/c10-5-1-2-6(9(12)8(5)11)15-18(16,17)7-3-13-4-14-7/h1-4,15H,(H,13,14). The number of aromatic amines is 1. The van der Waals surface area contributed by atoms with Gasteiger partial charge in [0, 0.05) is 0 Å². The van der Waals surface area contributed by atoms with Crippen LogP contribution in [0.1, 0.15) is 0 Å². The second-order valence-electron chi connectivity index (χ2n) is 3.24. The van der Waals surface area contributed by atoms with Gasteiger partial charge in [-0.1, -0.05) is 0 Å². The Bertz CT molecular complexity index is 671. The Morgan fingerprint density at radius 1 is 1.17 bits per heavy atom. The van der Waals surface area contributed by atoms with Gasteiger partial charge in [0.2, 0.25) is 0 Å². The lowest BCUT2D eigenvalue weighted by Gasteiger charge is -2.07. The molecule has 0 atom stereocenters. The zero-order valence-electron chi connectivity index (χ0n) is 8.62. The third-order valence-corrected chi connectivity index (χ3v) is 3.33. The van der Waals surface area contributed by atoms with Gasteiger partial charge >= 0.3 is 0 Å². The maximum atomic E-state index is 13.3. The van der Waals surface area contributed by atoms with Crippen LogP contribution in [0, 0.1) is 17.5 Å². The molecule has 1 heterocycles. The number of benzene rings is 1. The molecule has 18 heavy (non-hydrogen) atoms. The van der Waals surface area contributed by atoms with Gasteiger partial charge in [0.25, 0.3) is 10.0 Å².